The van der Waals surface area contributed by atoms with Crippen molar-refractivity contribution >= 4 is 6.09 Å². The molecule has 0 bridgehead atoms. The highest BCUT2D eigenvalue weighted by molar-refractivity contribution is 5.68. The van der Waals surface area contributed by atoms with Crippen molar-refractivity contribution in [2.24, 2.45) is 0 Å². The van der Waals surface area contributed by atoms with Gasteiger partial charge in [0, 0.05) is 19.0 Å². The molecule has 0 radical (unpaired) electrons. The second kappa shape index (κ2) is 8.34. The van der Waals surface area contributed by atoms with E-state index in [1.165, 1.54) is 4.85 Å². The Labute approximate surface area is 165 Å². The number of carbonyl (C=O) groups excluding carboxylic acids is 1. The van der Waals surface area contributed by atoms with E-state index >= 15 is 0 Å². The quantitative estimate of drug-likeness (QED) is 0.808. The summed E-state index contributed by atoms with van der Waals surface area (Å²) in [6.07, 6.45) is 3.26. The lowest BCUT2D eigenvalue weighted by atomic mass is 9.94. The summed E-state index contributed by atoms with van der Waals surface area (Å²) in [6, 6.07) is 11.3. The SMILES string of the molecule is CC(C)(C)OC(=O)N1CCC(c2ccn(OCc3ccc(C#N)cc3)n2)CC1. The number of benzene rings is 1. The molecule has 1 aliphatic rings. The van der Waals surface area contributed by atoms with Crippen LogP contribution in [0.15, 0.2) is 36.5 Å². The summed E-state index contributed by atoms with van der Waals surface area (Å²) < 4.78 is 5.44. The highest BCUT2D eigenvalue weighted by atomic mass is 16.7. The molecule has 0 atom stereocenters. The van der Waals surface area contributed by atoms with Crippen LogP contribution in [0.2, 0.25) is 0 Å². The molecule has 2 aromatic rings. The molecule has 0 saturated carbocycles. The van der Waals surface area contributed by atoms with Gasteiger partial charge in [0.25, 0.3) is 0 Å². The number of aromatic nitrogens is 2. The number of hydrogen-bond acceptors (Lipinski definition) is 5. The van der Waals surface area contributed by atoms with Crippen molar-refractivity contribution in [3.63, 3.8) is 0 Å². The summed E-state index contributed by atoms with van der Waals surface area (Å²) in [5, 5.41) is 13.4. The molecule has 0 spiro atoms. The number of piperidine rings is 1. The minimum absolute atomic E-state index is 0.248. The van der Waals surface area contributed by atoms with E-state index in [4.69, 9.17) is 14.8 Å². The van der Waals surface area contributed by atoms with Gasteiger partial charge in [-0.1, -0.05) is 12.1 Å². The van der Waals surface area contributed by atoms with Crippen LogP contribution in [0.1, 0.15) is 56.4 Å². The van der Waals surface area contributed by atoms with Gasteiger partial charge in [-0.3, -0.25) is 0 Å². The van der Waals surface area contributed by atoms with Gasteiger partial charge in [-0.05, 0) is 57.4 Å². The second-order valence-corrected chi connectivity index (χ2v) is 7.97. The molecule has 1 fully saturated rings. The van der Waals surface area contributed by atoms with E-state index < -0.39 is 5.60 Å². The molecule has 0 unspecified atom stereocenters. The minimum atomic E-state index is -0.473. The van der Waals surface area contributed by atoms with Crippen LogP contribution >= 0.6 is 0 Å². The second-order valence-electron chi connectivity index (χ2n) is 7.97. The fourth-order valence-corrected chi connectivity index (χ4v) is 3.11. The molecule has 1 aliphatic heterocycles. The minimum Gasteiger partial charge on any atom is -0.444 e. The molecule has 7 heteroatoms. The van der Waals surface area contributed by atoms with Gasteiger partial charge in [0.05, 0.1) is 23.5 Å². The number of ether oxygens (including phenoxy) is 1. The highest BCUT2D eigenvalue weighted by Crippen LogP contribution is 2.27. The van der Waals surface area contributed by atoms with Gasteiger partial charge in [0.1, 0.15) is 12.2 Å². The van der Waals surface area contributed by atoms with Gasteiger partial charge in [-0.15, -0.1) is 9.94 Å². The number of carbonyl (C=O) groups is 1. The van der Waals surface area contributed by atoms with Crippen LogP contribution in [0.5, 0.6) is 0 Å². The lowest BCUT2D eigenvalue weighted by Gasteiger charge is -2.32. The summed E-state index contributed by atoms with van der Waals surface area (Å²) in [6.45, 7) is 7.34. The van der Waals surface area contributed by atoms with E-state index in [0.717, 1.165) is 24.1 Å². The number of nitrogens with zero attached hydrogens (tertiary/aromatic N) is 4. The Hall–Kier alpha value is -3.01. The van der Waals surface area contributed by atoms with Gasteiger partial charge in [-0.2, -0.15) is 5.26 Å². The average molecular weight is 382 g/mol. The van der Waals surface area contributed by atoms with E-state index in [-0.39, 0.29) is 6.09 Å². The Bertz CT molecular complexity index is 838. The Morgan fingerprint density at radius 1 is 1.21 bits per heavy atom. The van der Waals surface area contributed by atoms with E-state index in [1.807, 2.05) is 39.0 Å². The first-order valence-corrected chi connectivity index (χ1v) is 9.50. The number of likely N-dealkylation sites (tertiary alicyclic amines) is 1. The van der Waals surface area contributed by atoms with Crippen LogP contribution in [-0.2, 0) is 11.3 Å². The molecule has 2 heterocycles. The Morgan fingerprint density at radius 3 is 2.50 bits per heavy atom. The van der Waals surface area contributed by atoms with Gasteiger partial charge >= 0.3 is 6.09 Å². The first kappa shape index (κ1) is 19.7. The first-order chi connectivity index (χ1) is 13.3. The third-order valence-corrected chi connectivity index (χ3v) is 4.60. The van der Waals surface area contributed by atoms with Crippen LogP contribution < -0.4 is 4.84 Å². The first-order valence-electron chi connectivity index (χ1n) is 9.50. The normalized spacial score (nSPS) is 15.1. The summed E-state index contributed by atoms with van der Waals surface area (Å²) in [5.74, 6) is 0.304. The number of hydrogen-bond donors (Lipinski definition) is 0. The molecule has 1 amide bonds. The summed E-state index contributed by atoms with van der Waals surface area (Å²) in [4.78, 5) is 21.1. The van der Waals surface area contributed by atoms with Gasteiger partial charge in [0.15, 0.2) is 0 Å². The lowest BCUT2D eigenvalue weighted by Crippen LogP contribution is -2.41. The van der Waals surface area contributed by atoms with Crippen molar-refractivity contribution in [3.05, 3.63) is 53.3 Å². The monoisotopic (exact) mass is 382 g/mol. The predicted molar refractivity (Wildman–Crippen MR) is 103 cm³/mol. The van der Waals surface area contributed by atoms with Crippen molar-refractivity contribution in [1.29, 1.82) is 5.26 Å². The third-order valence-electron chi connectivity index (χ3n) is 4.60. The van der Waals surface area contributed by atoms with E-state index in [0.29, 0.717) is 31.2 Å². The van der Waals surface area contributed by atoms with E-state index in [9.17, 15) is 4.79 Å². The van der Waals surface area contributed by atoms with Crippen LogP contribution in [0, 0.1) is 11.3 Å². The third kappa shape index (κ3) is 5.26. The van der Waals surface area contributed by atoms with Crippen LogP contribution in [0.4, 0.5) is 4.79 Å². The molecule has 148 valence electrons. The van der Waals surface area contributed by atoms with Crippen molar-refractivity contribution in [1.82, 2.24) is 14.8 Å². The van der Waals surface area contributed by atoms with E-state index in [1.54, 1.807) is 23.2 Å². The Kier molecular flexibility index (Phi) is 5.88. The summed E-state index contributed by atoms with van der Waals surface area (Å²) in [7, 11) is 0. The zero-order chi connectivity index (χ0) is 20.1. The summed E-state index contributed by atoms with van der Waals surface area (Å²) in [5.41, 5.74) is 2.10. The maximum absolute atomic E-state index is 12.2. The fraction of sp³-hybridized carbons (Fsp3) is 0.476. The molecule has 0 N–H and O–H groups in total. The Morgan fingerprint density at radius 2 is 1.89 bits per heavy atom. The number of amides is 1. The number of nitriles is 1. The topological polar surface area (TPSA) is 80.4 Å². The van der Waals surface area contributed by atoms with Gasteiger partial charge in [0.2, 0.25) is 0 Å². The van der Waals surface area contributed by atoms with Crippen molar-refractivity contribution in [2.45, 2.75) is 51.7 Å². The average Bonchev–Trinajstić information content (AvgIpc) is 3.14. The van der Waals surface area contributed by atoms with Gasteiger partial charge < -0.3 is 14.5 Å². The predicted octanol–water partition coefficient (Wildman–Crippen LogP) is 3.50. The maximum Gasteiger partial charge on any atom is 0.410 e. The van der Waals surface area contributed by atoms with Crippen LogP contribution in [0.3, 0.4) is 0 Å². The molecule has 28 heavy (non-hydrogen) atoms. The lowest BCUT2D eigenvalue weighted by molar-refractivity contribution is 0.0202. The van der Waals surface area contributed by atoms with Crippen LogP contribution in [0.25, 0.3) is 0 Å². The molecule has 7 nitrogen and oxygen atoms in total. The molecule has 1 aromatic carbocycles. The standard InChI is InChI=1S/C21H26N4O3/c1-21(2,3)28-20(26)24-11-8-18(9-12-24)19-10-13-25(23-19)27-15-17-6-4-16(14-22)5-7-17/h4-7,10,13,18H,8-9,11-12,15H2,1-3H3. The van der Waals surface area contributed by atoms with Crippen LogP contribution in [-0.4, -0.2) is 39.6 Å². The molecule has 1 saturated heterocycles. The smallest absolute Gasteiger partial charge is 0.410 e. The highest BCUT2D eigenvalue weighted by Gasteiger charge is 2.28. The molecule has 0 aliphatic carbocycles. The molecular formula is C21H26N4O3. The molecule has 1 aromatic heterocycles. The Balaban J connectivity index is 1.49. The summed E-state index contributed by atoms with van der Waals surface area (Å²) >= 11 is 0. The zero-order valence-corrected chi connectivity index (χ0v) is 16.6. The van der Waals surface area contributed by atoms with Crippen molar-refractivity contribution in [3.8, 4) is 6.07 Å². The van der Waals surface area contributed by atoms with Gasteiger partial charge in [-0.25, -0.2) is 4.79 Å². The van der Waals surface area contributed by atoms with Crippen molar-refractivity contribution < 1.29 is 14.4 Å². The zero-order valence-electron chi connectivity index (χ0n) is 16.6. The molecular weight excluding hydrogens is 356 g/mol. The largest absolute Gasteiger partial charge is 0.444 e. The molecule has 3 rings (SSSR count). The fourth-order valence-electron chi connectivity index (χ4n) is 3.11. The van der Waals surface area contributed by atoms with E-state index in [2.05, 4.69) is 11.2 Å². The van der Waals surface area contributed by atoms with Crippen molar-refractivity contribution in [2.75, 3.05) is 13.1 Å². The maximum atomic E-state index is 12.2. The number of rotatable bonds is 4.